The Hall–Kier alpha value is -1.06. The molecule has 0 aliphatic heterocycles. The van der Waals surface area contributed by atoms with Gasteiger partial charge in [0.2, 0.25) is 0 Å². The number of nitrogen functional groups attached to an aromatic ring is 1. The molecule has 2 rings (SSSR count). The van der Waals surface area contributed by atoms with Gasteiger partial charge in [-0.05, 0) is 18.8 Å². The Morgan fingerprint density at radius 3 is 2.54 bits per heavy atom. The normalized spacial score (nSPS) is 17.8. The van der Waals surface area contributed by atoms with Gasteiger partial charge in [0.1, 0.15) is 0 Å². The van der Waals surface area contributed by atoms with E-state index >= 15 is 0 Å². The number of aromatic amines is 1. The summed E-state index contributed by atoms with van der Waals surface area (Å²) in [4.78, 5) is 0. The minimum atomic E-state index is -0.378. The minimum Gasteiger partial charge on any atom is -0.380 e. The summed E-state index contributed by atoms with van der Waals surface area (Å²) < 4.78 is 13.4. The first-order valence-corrected chi connectivity index (χ1v) is 4.53. The number of nitrogens with one attached hydrogen (secondary N) is 1. The van der Waals surface area contributed by atoms with Crippen LogP contribution in [0.1, 0.15) is 32.4 Å². The molecule has 0 aromatic carbocycles. The van der Waals surface area contributed by atoms with Crippen molar-refractivity contribution in [2.75, 3.05) is 5.73 Å². The Morgan fingerprint density at radius 1 is 1.54 bits per heavy atom. The van der Waals surface area contributed by atoms with E-state index in [1.54, 1.807) is 0 Å². The van der Waals surface area contributed by atoms with Gasteiger partial charge in [-0.2, -0.15) is 5.10 Å². The fourth-order valence-corrected chi connectivity index (χ4v) is 1.78. The third-order valence-electron chi connectivity index (χ3n) is 2.97. The maximum Gasteiger partial charge on any atom is 0.188 e. The highest BCUT2D eigenvalue weighted by molar-refractivity contribution is 5.35. The van der Waals surface area contributed by atoms with Gasteiger partial charge in [0.15, 0.2) is 11.6 Å². The van der Waals surface area contributed by atoms with Crippen molar-refractivity contribution in [3.05, 3.63) is 11.5 Å². The van der Waals surface area contributed by atoms with Crippen LogP contribution in [0.3, 0.4) is 0 Å². The van der Waals surface area contributed by atoms with Gasteiger partial charge in [0.25, 0.3) is 0 Å². The minimum absolute atomic E-state index is 0.0243. The quantitative estimate of drug-likeness (QED) is 0.734. The second kappa shape index (κ2) is 2.47. The molecule has 1 heterocycles. The highest BCUT2D eigenvalue weighted by Crippen LogP contribution is 2.47. The molecule has 0 amide bonds. The molecule has 1 aromatic heterocycles. The summed E-state index contributed by atoms with van der Waals surface area (Å²) in [6, 6.07) is 0. The van der Waals surface area contributed by atoms with Crippen molar-refractivity contribution in [2.45, 2.75) is 32.1 Å². The molecular weight excluding hydrogens is 169 g/mol. The van der Waals surface area contributed by atoms with E-state index in [-0.39, 0.29) is 17.1 Å². The maximum atomic E-state index is 13.4. The first-order valence-electron chi connectivity index (χ1n) is 4.53. The number of H-pyrrole nitrogens is 1. The molecule has 1 saturated carbocycles. The number of hydrogen-bond acceptors (Lipinski definition) is 2. The van der Waals surface area contributed by atoms with Crippen LogP contribution in [0.5, 0.6) is 0 Å². The Kier molecular flexibility index (Phi) is 1.62. The number of aromatic nitrogens is 2. The average Bonchev–Trinajstić information content (AvgIpc) is 2.82. The zero-order chi connectivity index (χ0) is 9.64. The van der Waals surface area contributed by atoms with E-state index in [1.807, 2.05) is 13.8 Å². The largest absolute Gasteiger partial charge is 0.380 e. The molecule has 1 aliphatic carbocycles. The molecule has 0 atom stereocenters. The predicted molar refractivity (Wildman–Crippen MR) is 48.7 cm³/mol. The van der Waals surface area contributed by atoms with E-state index < -0.39 is 0 Å². The fourth-order valence-electron chi connectivity index (χ4n) is 1.78. The molecule has 3 N–H and O–H groups in total. The number of anilines is 1. The van der Waals surface area contributed by atoms with Crippen LogP contribution < -0.4 is 5.73 Å². The lowest BCUT2D eigenvalue weighted by Crippen LogP contribution is -2.21. The fraction of sp³-hybridized carbons (Fsp3) is 0.667. The zero-order valence-electron chi connectivity index (χ0n) is 7.89. The van der Waals surface area contributed by atoms with Crippen LogP contribution >= 0.6 is 0 Å². The lowest BCUT2D eigenvalue weighted by molar-refractivity contribution is 0.417. The van der Waals surface area contributed by atoms with Crippen molar-refractivity contribution in [1.82, 2.24) is 10.2 Å². The molecule has 72 valence electrons. The van der Waals surface area contributed by atoms with Crippen LogP contribution in [-0.4, -0.2) is 10.2 Å². The van der Waals surface area contributed by atoms with E-state index in [0.29, 0.717) is 11.6 Å². The summed E-state index contributed by atoms with van der Waals surface area (Å²) in [6.45, 7) is 4.06. The summed E-state index contributed by atoms with van der Waals surface area (Å²) in [5.74, 6) is 0.169. The first-order chi connectivity index (χ1) is 6.03. The smallest absolute Gasteiger partial charge is 0.188 e. The van der Waals surface area contributed by atoms with Crippen molar-refractivity contribution < 1.29 is 4.39 Å². The van der Waals surface area contributed by atoms with Gasteiger partial charge < -0.3 is 5.73 Å². The van der Waals surface area contributed by atoms with Crippen LogP contribution in [-0.2, 0) is 5.41 Å². The molecule has 0 radical (unpaired) electrons. The second-order valence-electron chi connectivity index (χ2n) is 4.29. The lowest BCUT2D eigenvalue weighted by atomic mass is 9.83. The monoisotopic (exact) mass is 183 g/mol. The summed E-state index contributed by atoms with van der Waals surface area (Å²) in [5, 5.41) is 6.36. The van der Waals surface area contributed by atoms with Gasteiger partial charge in [0.05, 0.1) is 5.69 Å². The van der Waals surface area contributed by atoms with E-state index in [2.05, 4.69) is 10.2 Å². The van der Waals surface area contributed by atoms with Crippen molar-refractivity contribution in [1.29, 1.82) is 0 Å². The third-order valence-corrected chi connectivity index (χ3v) is 2.97. The van der Waals surface area contributed by atoms with Crippen molar-refractivity contribution >= 4 is 5.82 Å². The summed E-state index contributed by atoms with van der Waals surface area (Å²) in [6.07, 6.45) is 2.34. The van der Waals surface area contributed by atoms with Gasteiger partial charge in [-0.1, -0.05) is 13.8 Å². The van der Waals surface area contributed by atoms with E-state index in [0.717, 1.165) is 0 Å². The number of hydrogen-bond donors (Lipinski definition) is 2. The lowest BCUT2D eigenvalue weighted by Gasteiger charge is -2.22. The van der Waals surface area contributed by atoms with Gasteiger partial charge in [-0.25, -0.2) is 4.39 Å². The van der Waals surface area contributed by atoms with E-state index in [9.17, 15) is 4.39 Å². The van der Waals surface area contributed by atoms with Crippen LogP contribution in [0.2, 0.25) is 0 Å². The summed E-state index contributed by atoms with van der Waals surface area (Å²) in [5.41, 5.74) is 5.73. The molecule has 0 spiro atoms. The molecule has 13 heavy (non-hydrogen) atoms. The van der Waals surface area contributed by atoms with Crippen molar-refractivity contribution in [3.8, 4) is 0 Å². The van der Waals surface area contributed by atoms with Gasteiger partial charge in [0, 0.05) is 5.41 Å². The number of rotatable bonds is 2. The molecular formula is C9H14FN3. The molecule has 0 bridgehead atoms. The van der Waals surface area contributed by atoms with Crippen LogP contribution in [0.15, 0.2) is 0 Å². The van der Waals surface area contributed by atoms with Crippen LogP contribution in [0, 0.1) is 11.7 Å². The number of nitrogens with two attached hydrogens (primary N) is 1. The van der Waals surface area contributed by atoms with E-state index in [4.69, 9.17) is 5.73 Å². The summed E-state index contributed by atoms with van der Waals surface area (Å²) >= 11 is 0. The van der Waals surface area contributed by atoms with Gasteiger partial charge in [-0.15, -0.1) is 0 Å². The van der Waals surface area contributed by atoms with Crippen molar-refractivity contribution in [2.24, 2.45) is 5.92 Å². The molecule has 1 aliphatic rings. The SMILES string of the molecule is CC(C)(c1[nH]nc(N)c1F)C1CC1. The first kappa shape index (κ1) is 8.53. The molecule has 1 fully saturated rings. The standard InChI is InChI=1S/C9H14FN3/c1-9(2,5-3-4-5)7-6(10)8(11)13-12-7/h5H,3-4H2,1-2H3,(H3,11,12,13). The Balaban J connectivity index is 2.38. The van der Waals surface area contributed by atoms with Crippen LogP contribution in [0.4, 0.5) is 10.2 Å². The highest BCUT2D eigenvalue weighted by Gasteiger charge is 2.42. The number of nitrogens with zero attached hydrogens (tertiary/aromatic N) is 1. The number of halogens is 1. The topological polar surface area (TPSA) is 54.7 Å². The highest BCUT2D eigenvalue weighted by atomic mass is 19.1. The van der Waals surface area contributed by atoms with E-state index in [1.165, 1.54) is 12.8 Å². The average molecular weight is 183 g/mol. The van der Waals surface area contributed by atoms with Gasteiger partial charge >= 0.3 is 0 Å². The maximum absolute atomic E-state index is 13.4. The Morgan fingerprint density at radius 2 is 2.15 bits per heavy atom. The Bertz CT molecular complexity index is 326. The molecule has 3 nitrogen and oxygen atoms in total. The second-order valence-corrected chi connectivity index (χ2v) is 4.29. The molecule has 1 aromatic rings. The molecule has 0 saturated heterocycles. The summed E-state index contributed by atoms with van der Waals surface area (Å²) in [7, 11) is 0. The van der Waals surface area contributed by atoms with Crippen LogP contribution in [0.25, 0.3) is 0 Å². The Labute approximate surface area is 76.5 Å². The predicted octanol–water partition coefficient (Wildman–Crippen LogP) is 1.82. The zero-order valence-corrected chi connectivity index (χ0v) is 7.89. The molecule has 0 unspecified atom stereocenters. The third kappa shape index (κ3) is 1.20. The van der Waals surface area contributed by atoms with Gasteiger partial charge in [-0.3, -0.25) is 5.10 Å². The van der Waals surface area contributed by atoms with Crippen molar-refractivity contribution in [3.63, 3.8) is 0 Å². The molecule has 4 heteroatoms.